The van der Waals surface area contributed by atoms with Gasteiger partial charge < -0.3 is 15.3 Å². The molecule has 43 heavy (non-hydrogen) atoms. The fourth-order valence-corrected chi connectivity index (χ4v) is 4.08. The first-order valence-corrected chi connectivity index (χ1v) is 13.0. The van der Waals surface area contributed by atoms with Gasteiger partial charge in [0.1, 0.15) is 0 Å². The first kappa shape index (κ1) is 32.9. The molecule has 0 fully saturated rings. The minimum absolute atomic E-state index is 0. The summed E-state index contributed by atoms with van der Waals surface area (Å²) in [5, 5.41) is 28.9. The Morgan fingerprint density at radius 3 is 0.930 bits per heavy atom. The van der Waals surface area contributed by atoms with E-state index in [2.05, 4.69) is 15.0 Å². The van der Waals surface area contributed by atoms with E-state index in [0.717, 1.165) is 32.7 Å². The Hall–Kier alpha value is -4.60. The number of fused-ring (bicyclic) bond motifs is 3. The first-order chi connectivity index (χ1) is 20.3. The summed E-state index contributed by atoms with van der Waals surface area (Å²) in [7, 11) is 0. The van der Waals surface area contributed by atoms with E-state index in [4.69, 9.17) is 15.3 Å². The van der Waals surface area contributed by atoms with E-state index in [1.165, 1.54) is 0 Å². The van der Waals surface area contributed by atoms with Crippen LogP contribution in [-0.4, -0.2) is 48.2 Å². The Morgan fingerprint density at radius 2 is 0.674 bits per heavy atom. The normalized spacial score (nSPS) is 10.0. The molecule has 0 bridgehead atoms. The van der Waals surface area contributed by atoms with E-state index in [1.807, 2.05) is 91.0 Å². The minimum Gasteiger partial charge on any atom is -0.481 e. The van der Waals surface area contributed by atoms with Crippen molar-refractivity contribution < 1.29 is 62.4 Å². The van der Waals surface area contributed by atoms with Crippen LogP contribution in [0.5, 0.6) is 0 Å². The molecule has 0 atom stereocenters. The number of pyridine rings is 3. The van der Waals surface area contributed by atoms with Gasteiger partial charge in [-0.05, 0) is 36.4 Å². The molecule has 3 aromatic heterocycles. The van der Waals surface area contributed by atoms with E-state index in [0.29, 0.717) is 17.1 Å². The molecule has 0 amide bonds. The third-order valence-corrected chi connectivity index (χ3v) is 5.97. The molecule has 213 valence electrons. The zero-order chi connectivity index (χ0) is 29.9. The van der Waals surface area contributed by atoms with E-state index in [-0.39, 0.29) is 52.0 Å². The second-order valence-electron chi connectivity index (χ2n) is 9.20. The smallest absolute Gasteiger partial charge is 0.309 e. The Morgan fingerprint density at radius 1 is 0.419 bits per heavy atom. The van der Waals surface area contributed by atoms with Crippen molar-refractivity contribution in [1.29, 1.82) is 0 Å². The predicted octanol–water partition coefficient (Wildman–Crippen LogP) is 5.58. The average Bonchev–Trinajstić information content (AvgIpc) is 2.97. The molecule has 0 spiro atoms. The Balaban J connectivity index is 0.000000175. The van der Waals surface area contributed by atoms with Crippen LogP contribution in [0.25, 0.3) is 32.7 Å². The molecule has 3 aromatic carbocycles. The summed E-state index contributed by atoms with van der Waals surface area (Å²) in [6.45, 7) is 0. The Labute approximate surface area is 272 Å². The van der Waals surface area contributed by atoms with Gasteiger partial charge in [0.15, 0.2) is 0 Å². The standard InChI is InChI=1S/3C11H9NO2.Y/c3*13-11(14)7-9-6-5-8-3-1-2-4-10(8)12-9;/h3*1-6H,7H2,(H,13,14);. The maximum absolute atomic E-state index is 10.5. The molecule has 9 nitrogen and oxygen atoms in total. The number of hydrogen-bond donors (Lipinski definition) is 3. The van der Waals surface area contributed by atoms with Gasteiger partial charge >= 0.3 is 17.9 Å². The fourth-order valence-electron chi connectivity index (χ4n) is 4.08. The number of aliphatic carboxylic acids is 3. The number of aromatic nitrogens is 3. The molecule has 6 aromatic rings. The molecule has 0 aliphatic carbocycles. The van der Waals surface area contributed by atoms with Gasteiger partial charge in [-0.3, -0.25) is 29.3 Å². The van der Waals surface area contributed by atoms with Gasteiger partial charge in [-0.1, -0.05) is 72.8 Å². The average molecular weight is 651 g/mol. The quantitative estimate of drug-likeness (QED) is 0.210. The van der Waals surface area contributed by atoms with Crippen LogP contribution in [0, 0.1) is 0 Å². The molecule has 0 saturated heterocycles. The van der Waals surface area contributed by atoms with Crippen LogP contribution in [0.3, 0.4) is 0 Å². The topological polar surface area (TPSA) is 151 Å². The van der Waals surface area contributed by atoms with Crippen LogP contribution in [0.2, 0.25) is 0 Å². The van der Waals surface area contributed by atoms with E-state index < -0.39 is 17.9 Å². The third kappa shape index (κ3) is 10.3. The van der Waals surface area contributed by atoms with Gasteiger partial charge in [0, 0.05) is 48.9 Å². The monoisotopic (exact) mass is 650 g/mol. The molecule has 0 aliphatic heterocycles. The fraction of sp³-hybridized carbons (Fsp3) is 0.0909. The largest absolute Gasteiger partial charge is 0.481 e. The Bertz CT molecular complexity index is 1660. The third-order valence-electron chi connectivity index (χ3n) is 5.97. The van der Waals surface area contributed by atoms with Crippen molar-refractivity contribution in [3.8, 4) is 0 Å². The van der Waals surface area contributed by atoms with Crippen molar-refractivity contribution in [2.24, 2.45) is 0 Å². The van der Waals surface area contributed by atoms with E-state index in [9.17, 15) is 14.4 Å². The van der Waals surface area contributed by atoms with Crippen molar-refractivity contribution in [3.05, 3.63) is 126 Å². The molecule has 6 rings (SSSR count). The number of carbonyl (C=O) groups is 3. The van der Waals surface area contributed by atoms with Crippen LogP contribution in [0.4, 0.5) is 0 Å². The molecule has 3 N–H and O–H groups in total. The number of carboxylic acids is 3. The molecule has 0 aliphatic rings. The van der Waals surface area contributed by atoms with Crippen LogP contribution in [0.1, 0.15) is 17.1 Å². The van der Waals surface area contributed by atoms with Gasteiger partial charge in [0.25, 0.3) is 0 Å². The molecule has 0 saturated carbocycles. The SMILES string of the molecule is O=C(O)Cc1ccc2ccccc2n1.O=C(O)Cc1ccc2ccccc2n1.O=C(O)Cc1ccc2ccccc2n1.[Y]. The van der Waals surface area contributed by atoms with E-state index in [1.54, 1.807) is 18.2 Å². The van der Waals surface area contributed by atoms with Crippen molar-refractivity contribution in [1.82, 2.24) is 15.0 Å². The number of benzene rings is 3. The molecular formula is C33H27N3O6Y. The predicted molar refractivity (Wildman–Crippen MR) is 159 cm³/mol. The molecule has 1 radical (unpaired) electrons. The summed E-state index contributed by atoms with van der Waals surface area (Å²) in [5.41, 5.74) is 4.30. The number of para-hydroxylation sites is 3. The first-order valence-electron chi connectivity index (χ1n) is 13.0. The summed E-state index contributed by atoms with van der Waals surface area (Å²) in [4.78, 5) is 44.1. The summed E-state index contributed by atoms with van der Waals surface area (Å²) in [6, 6.07) is 33.8. The van der Waals surface area contributed by atoms with Crippen molar-refractivity contribution >= 4 is 50.6 Å². The number of rotatable bonds is 6. The maximum atomic E-state index is 10.5. The van der Waals surface area contributed by atoms with Crippen molar-refractivity contribution in [2.45, 2.75) is 19.3 Å². The van der Waals surface area contributed by atoms with Crippen LogP contribution in [-0.2, 0) is 66.4 Å². The van der Waals surface area contributed by atoms with Crippen molar-refractivity contribution in [2.75, 3.05) is 0 Å². The number of nitrogens with zero attached hydrogens (tertiary/aromatic N) is 3. The van der Waals surface area contributed by atoms with Gasteiger partial charge in [0.2, 0.25) is 0 Å². The van der Waals surface area contributed by atoms with Crippen LogP contribution in [0.15, 0.2) is 109 Å². The molecular weight excluding hydrogens is 623 g/mol. The summed E-state index contributed by atoms with van der Waals surface area (Å²) in [5.74, 6) is -2.56. The zero-order valence-electron chi connectivity index (χ0n) is 23.0. The second-order valence-corrected chi connectivity index (χ2v) is 9.20. The van der Waals surface area contributed by atoms with Gasteiger partial charge in [-0.15, -0.1) is 0 Å². The summed E-state index contributed by atoms with van der Waals surface area (Å²) < 4.78 is 0. The molecule has 3 heterocycles. The van der Waals surface area contributed by atoms with E-state index >= 15 is 0 Å². The number of carboxylic acid groups (broad SMARTS) is 3. The van der Waals surface area contributed by atoms with Crippen LogP contribution >= 0.6 is 0 Å². The molecule has 0 unspecified atom stereocenters. The van der Waals surface area contributed by atoms with Gasteiger partial charge in [-0.25, -0.2) is 0 Å². The van der Waals surface area contributed by atoms with Crippen molar-refractivity contribution in [3.63, 3.8) is 0 Å². The summed E-state index contributed by atoms with van der Waals surface area (Å²) >= 11 is 0. The molecule has 10 heteroatoms. The maximum Gasteiger partial charge on any atom is 0.309 e. The minimum atomic E-state index is -0.854. The Kier molecular flexibility index (Phi) is 12.4. The van der Waals surface area contributed by atoms with Gasteiger partial charge in [0.05, 0.1) is 52.9 Å². The number of hydrogen-bond acceptors (Lipinski definition) is 6. The zero-order valence-corrected chi connectivity index (χ0v) is 25.8. The summed E-state index contributed by atoms with van der Waals surface area (Å²) in [6.07, 6.45) is -0.0689. The second kappa shape index (κ2) is 16.1. The van der Waals surface area contributed by atoms with Gasteiger partial charge in [-0.2, -0.15) is 0 Å². The van der Waals surface area contributed by atoms with Crippen LogP contribution < -0.4 is 0 Å².